The molecule has 26 heavy (non-hydrogen) atoms. The van der Waals surface area contributed by atoms with Crippen LogP contribution in [0.25, 0.3) is 5.82 Å². The second kappa shape index (κ2) is 8.13. The van der Waals surface area contributed by atoms with E-state index >= 15 is 0 Å². The zero-order chi connectivity index (χ0) is 18.5. The summed E-state index contributed by atoms with van der Waals surface area (Å²) < 4.78 is 1.45. The molecule has 0 bridgehead atoms. The number of aromatic nitrogens is 4. The molecule has 0 spiro atoms. The predicted molar refractivity (Wildman–Crippen MR) is 97.6 cm³/mol. The van der Waals surface area contributed by atoms with E-state index in [1.807, 2.05) is 0 Å². The first-order valence-electron chi connectivity index (χ1n) is 7.52. The summed E-state index contributed by atoms with van der Waals surface area (Å²) in [4.78, 5) is 20.0. The number of carbonyl (C=O) groups is 1. The van der Waals surface area contributed by atoms with Crippen LogP contribution in [0.5, 0.6) is 0 Å². The molecule has 0 saturated carbocycles. The van der Waals surface area contributed by atoms with E-state index in [0.717, 1.165) is 0 Å². The highest BCUT2D eigenvalue weighted by Gasteiger charge is 2.15. The number of amides is 2. The number of rotatable bonds is 5. The van der Waals surface area contributed by atoms with Crippen LogP contribution in [0.3, 0.4) is 0 Å². The molecule has 134 valence electrons. The summed E-state index contributed by atoms with van der Waals surface area (Å²) in [6, 6.07) is 7.45. The van der Waals surface area contributed by atoms with Gasteiger partial charge in [-0.1, -0.05) is 23.7 Å². The molecule has 1 aromatic carbocycles. The molecule has 0 unspecified atom stereocenters. The van der Waals surface area contributed by atoms with E-state index in [2.05, 4.69) is 25.7 Å². The van der Waals surface area contributed by atoms with E-state index in [0.29, 0.717) is 22.1 Å². The third kappa shape index (κ3) is 4.48. The summed E-state index contributed by atoms with van der Waals surface area (Å²) in [7, 11) is 0. The standard InChI is InChI=1S/C16H14Cl2N6O2/c17-11-3-1-2-10(6-11)13(9-25)22-16(26)21-12-7-20-24(8-12)14-4-5-19-15(18)23-14/h1-8,13,25H,9H2,(H2,21,22,26)/t13-/m1/s1. The number of halogens is 2. The van der Waals surface area contributed by atoms with Crippen molar-refractivity contribution >= 4 is 34.9 Å². The van der Waals surface area contributed by atoms with E-state index in [1.54, 1.807) is 36.5 Å². The van der Waals surface area contributed by atoms with Crippen LogP contribution >= 0.6 is 23.2 Å². The Hall–Kier alpha value is -2.68. The zero-order valence-electron chi connectivity index (χ0n) is 13.3. The molecule has 1 atom stereocenters. The lowest BCUT2D eigenvalue weighted by Crippen LogP contribution is -2.34. The lowest BCUT2D eigenvalue weighted by Gasteiger charge is -2.17. The van der Waals surface area contributed by atoms with Crippen molar-refractivity contribution in [1.29, 1.82) is 0 Å². The van der Waals surface area contributed by atoms with E-state index < -0.39 is 12.1 Å². The van der Waals surface area contributed by atoms with Crippen LogP contribution < -0.4 is 10.6 Å². The van der Waals surface area contributed by atoms with Crippen molar-refractivity contribution in [1.82, 2.24) is 25.1 Å². The van der Waals surface area contributed by atoms with Gasteiger partial charge in [0.15, 0.2) is 5.82 Å². The molecule has 0 saturated heterocycles. The SMILES string of the molecule is O=C(Nc1cnn(-c2ccnc(Cl)n2)c1)N[C@H](CO)c1cccc(Cl)c1. The van der Waals surface area contributed by atoms with Crippen LogP contribution in [0.4, 0.5) is 10.5 Å². The third-order valence-electron chi connectivity index (χ3n) is 3.43. The van der Waals surface area contributed by atoms with Crippen molar-refractivity contribution in [2.24, 2.45) is 0 Å². The molecule has 2 heterocycles. The second-order valence-corrected chi connectivity index (χ2v) is 6.02. The molecular formula is C16H14Cl2N6O2. The molecule has 3 rings (SSSR count). The maximum atomic E-state index is 12.2. The molecule has 0 radical (unpaired) electrons. The molecule has 0 fully saturated rings. The number of hydrogen-bond donors (Lipinski definition) is 3. The number of aliphatic hydroxyl groups is 1. The largest absolute Gasteiger partial charge is 0.394 e. The minimum atomic E-state index is -0.593. The van der Waals surface area contributed by atoms with E-state index in [-0.39, 0.29) is 11.9 Å². The maximum absolute atomic E-state index is 12.2. The average molecular weight is 393 g/mol. The lowest BCUT2D eigenvalue weighted by atomic mass is 10.1. The molecule has 10 heteroatoms. The number of benzene rings is 1. The molecule has 0 aliphatic rings. The van der Waals surface area contributed by atoms with E-state index in [4.69, 9.17) is 23.2 Å². The average Bonchev–Trinajstić information content (AvgIpc) is 3.08. The molecule has 0 aliphatic heterocycles. The third-order valence-corrected chi connectivity index (χ3v) is 3.84. The van der Waals surface area contributed by atoms with Crippen molar-refractivity contribution in [3.05, 3.63) is 64.8 Å². The Kier molecular flexibility index (Phi) is 5.67. The van der Waals surface area contributed by atoms with Crippen LogP contribution in [0.1, 0.15) is 11.6 Å². The van der Waals surface area contributed by atoms with Gasteiger partial charge in [0, 0.05) is 17.3 Å². The van der Waals surface area contributed by atoms with Gasteiger partial charge in [-0.15, -0.1) is 0 Å². The number of carbonyl (C=O) groups excluding carboxylic acids is 1. The summed E-state index contributed by atoms with van der Waals surface area (Å²) in [5.74, 6) is 0.464. The number of urea groups is 1. The van der Waals surface area contributed by atoms with Crippen molar-refractivity contribution in [2.75, 3.05) is 11.9 Å². The monoisotopic (exact) mass is 392 g/mol. The first-order valence-corrected chi connectivity index (χ1v) is 8.28. The Bertz CT molecular complexity index is 917. The normalized spacial score (nSPS) is 11.8. The minimum Gasteiger partial charge on any atom is -0.394 e. The van der Waals surface area contributed by atoms with Gasteiger partial charge in [-0.2, -0.15) is 10.1 Å². The number of aliphatic hydroxyl groups excluding tert-OH is 1. The van der Waals surface area contributed by atoms with Crippen LogP contribution in [0, 0.1) is 0 Å². The fourth-order valence-electron chi connectivity index (χ4n) is 2.25. The fourth-order valence-corrected chi connectivity index (χ4v) is 2.59. The molecule has 2 aromatic heterocycles. The van der Waals surface area contributed by atoms with Crippen LogP contribution in [0.15, 0.2) is 48.9 Å². The van der Waals surface area contributed by atoms with Gasteiger partial charge in [0.2, 0.25) is 5.28 Å². The summed E-state index contributed by atoms with van der Waals surface area (Å²) in [5.41, 5.74) is 1.14. The Morgan fingerprint density at radius 1 is 1.31 bits per heavy atom. The Labute approximate surface area is 158 Å². The highest BCUT2D eigenvalue weighted by Crippen LogP contribution is 2.18. The first kappa shape index (κ1) is 18.1. The van der Waals surface area contributed by atoms with Crippen molar-refractivity contribution in [3.63, 3.8) is 0 Å². The highest BCUT2D eigenvalue weighted by atomic mass is 35.5. The lowest BCUT2D eigenvalue weighted by molar-refractivity contribution is 0.225. The van der Waals surface area contributed by atoms with Crippen LogP contribution in [0.2, 0.25) is 10.3 Å². The summed E-state index contributed by atoms with van der Waals surface area (Å²) in [6.45, 7) is -0.271. The highest BCUT2D eigenvalue weighted by molar-refractivity contribution is 6.30. The number of nitrogens with zero attached hydrogens (tertiary/aromatic N) is 4. The number of anilines is 1. The van der Waals surface area contributed by atoms with Crippen molar-refractivity contribution in [2.45, 2.75) is 6.04 Å². The molecule has 8 nitrogen and oxygen atoms in total. The topological polar surface area (TPSA) is 105 Å². The van der Waals surface area contributed by atoms with Gasteiger partial charge in [-0.05, 0) is 29.3 Å². The van der Waals surface area contributed by atoms with Gasteiger partial charge < -0.3 is 15.7 Å². The second-order valence-electron chi connectivity index (χ2n) is 5.25. The Balaban J connectivity index is 1.66. The van der Waals surface area contributed by atoms with Gasteiger partial charge in [0.1, 0.15) is 0 Å². The maximum Gasteiger partial charge on any atom is 0.319 e. The fraction of sp³-hybridized carbons (Fsp3) is 0.125. The first-order chi connectivity index (χ1) is 12.5. The number of hydrogen-bond acceptors (Lipinski definition) is 5. The summed E-state index contributed by atoms with van der Waals surface area (Å²) >= 11 is 11.7. The van der Waals surface area contributed by atoms with Crippen LogP contribution in [-0.4, -0.2) is 37.5 Å². The molecule has 3 aromatic rings. The van der Waals surface area contributed by atoms with Gasteiger partial charge in [0.05, 0.1) is 30.7 Å². The zero-order valence-corrected chi connectivity index (χ0v) is 14.8. The summed E-state index contributed by atoms with van der Waals surface area (Å²) in [5, 5.41) is 19.6. The molecule has 2 amide bonds. The van der Waals surface area contributed by atoms with Gasteiger partial charge >= 0.3 is 6.03 Å². The quantitative estimate of drug-likeness (QED) is 0.579. The smallest absolute Gasteiger partial charge is 0.319 e. The minimum absolute atomic E-state index is 0.0950. The number of nitrogens with one attached hydrogen (secondary N) is 2. The Morgan fingerprint density at radius 3 is 2.88 bits per heavy atom. The molecule has 0 aliphatic carbocycles. The van der Waals surface area contributed by atoms with Gasteiger partial charge in [0.25, 0.3) is 0 Å². The van der Waals surface area contributed by atoms with Crippen LogP contribution in [-0.2, 0) is 0 Å². The Morgan fingerprint density at radius 2 is 2.15 bits per heavy atom. The van der Waals surface area contributed by atoms with E-state index in [9.17, 15) is 9.90 Å². The van der Waals surface area contributed by atoms with Gasteiger partial charge in [-0.3, -0.25) is 0 Å². The predicted octanol–water partition coefficient (Wildman–Crippen LogP) is 2.82. The molecular weight excluding hydrogens is 379 g/mol. The van der Waals surface area contributed by atoms with E-state index in [1.165, 1.54) is 17.1 Å². The van der Waals surface area contributed by atoms with Crippen molar-refractivity contribution < 1.29 is 9.90 Å². The van der Waals surface area contributed by atoms with Crippen molar-refractivity contribution in [3.8, 4) is 5.82 Å². The summed E-state index contributed by atoms with van der Waals surface area (Å²) in [6.07, 6.45) is 4.54. The molecule has 3 N–H and O–H groups in total. The van der Waals surface area contributed by atoms with Gasteiger partial charge in [-0.25, -0.2) is 14.5 Å².